The van der Waals surface area contributed by atoms with Crippen LogP contribution in [0.2, 0.25) is 0 Å². The first-order valence-electron chi connectivity index (χ1n) is 11.3. The van der Waals surface area contributed by atoms with Crippen molar-refractivity contribution in [2.75, 3.05) is 18.5 Å². The highest BCUT2D eigenvalue weighted by Gasteiger charge is 2.19. The minimum atomic E-state index is -0.850. The molecule has 0 spiro atoms. The highest BCUT2D eigenvalue weighted by Crippen LogP contribution is 2.29. The highest BCUT2D eigenvalue weighted by molar-refractivity contribution is 5.82. The third-order valence-corrected chi connectivity index (χ3v) is 6.04. The molecule has 4 aromatic rings. The summed E-state index contributed by atoms with van der Waals surface area (Å²) in [5, 5.41) is 13.8. The van der Waals surface area contributed by atoms with Crippen LogP contribution in [0.25, 0.3) is 10.9 Å². The molecule has 0 bridgehead atoms. The van der Waals surface area contributed by atoms with E-state index >= 15 is 0 Å². The molecule has 0 saturated carbocycles. The van der Waals surface area contributed by atoms with Crippen molar-refractivity contribution in [3.8, 4) is 5.75 Å². The quantitative estimate of drug-likeness (QED) is 0.418. The second-order valence-corrected chi connectivity index (χ2v) is 8.28. The summed E-state index contributed by atoms with van der Waals surface area (Å²) in [5.74, 6) is 0.940. The van der Waals surface area contributed by atoms with E-state index < -0.39 is 5.97 Å². The van der Waals surface area contributed by atoms with Crippen molar-refractivity contribution >= 4 is 22.7 Å². The van der Waals surface area contributed by atoms with Crippen LogP contribution in [0.15, 0.2) is 67.1 Å². The Labute approximate surface area is 192 Å². The Balaban J connectivity index is 1.30. The highest BCUT2D eigenvalue weighted by atomic mass is 16.5. The predicted octanol–water partition coefficient (Wildman–Crippen LogP) is 4.48. The number of carboxylic acid groups (broad SMARTS) is 1. The molecule has 1 atom stereocenters. The van der Waals surface area contributed by atoms with Gasteiger partial charge >= 0.3 is 5.97 Å². The van der Waals surface area contributed by atoms with Gasteiger partial charge in [-0.25, -0.2) is 4.98 Å². The minimum Gasteiger partial charge on any atom is -0.493 e. The summed E-state index contributed by atoms with van der Waals surface area (Å²) in [6, 6.07) is 15.6. The number of hydrogen-bond donors (Lipinski definition) is 2. The first-order valence-corrected chi connectivity index (χ1v) is 11.3. The molecule has 0 amide bonds. The van der Waals surface area contributed by atoms with Crippen molar-refractivity contribution in [1.82, 2.24) is 14.5 Å². The topological polar surface area (TPSA) is 89.3 Å². The predicted molar refractivity (Wildman–Crippen MR) is 127 cm³/mol. The molecule has 5 rings (SSSR count). The first kappa shape index (κ1) is 21.0. The SMILES string of the molecule is O=C(O)CC(c1cccnc1)n1ccc2cc(OCCc3ccc4c(n3)NCCC4)ccc21. The summed E-state index contributed by atoms with van der Waals surface area (Å²) in [7, 11) is 0. The van der Waals surface area contributed by atoms with Gasteiger partial charge in [0.2, 0.25) is 0 Å². The number of carbonyl (C=O) groups is 1. The van der Waals surface area contributed by atoms with Gasteiger partial charge < -0.3 is 19.7 Å². The van der Waals surface area contributed by atoms with Crippen LogP contribution in [-0.2, 0) is 17.6 Å². The monoisotopic (exact) mass is 442 g/mol. The van der Waals surface area contributed by atoms with E-state index in [4.69, 9.17) is 9.72 Å². The maximum Gasteiger partial charge on any atom is 0.305 e. The Morgan fingerprint density at radius 3 is 3.00 bits per heavy atom. The summed E-state index contributed by atoms with van der Waals surface area (Å²) in [4.78, 5) is 20.4. The van der Waals surface area contributed by atoms with Gasteiger partial charge in [0.15, 0.2) is 0 Å². The molecule has 4 heterocycles. The number of rotatable bonds is 8. The third kappa shape index (κ3) is 4.67. The number of carboxylic acids is 1. The number of fused-ring (bicyclic) bond motifs is 2. The van der Waals surface area contributed by atoms with E-state index in [1.807, 2.05) is 47.2 Å². The van der Waals surface area contributed by atoms with Gasteiger partial charge in [0, 0.05) is 48.2 Å². The lowest BCUT2D eigenvalue weighted by atomic mass is 10.1. The minimum absolute atomic E-state index is 0.0175. The van der Waals surface area contributed by atoms with E-state index in [1.54, 1.807) is 12.4 Å². The van der Waals surface area contributed by atoms with Gasteiger partial charge in [0.1, 0.15) is 11.6 Å². The number of aromatic nitrogens is 3. The standard InChI is InChI=1S/C26H26N4O3/c31-25(32)16-24(20-4-1-11-27-17-20)30-13-9-19-15-22(7-8-23(19)30)33-14-10-21-6-5-18-3-2-12-28-26(18)29-21/h1,4-9,11,13,15,17,24H,2-3,10,12,14,16H2,(H,28,29)(H,31,32). The smallest absolute Gasteiger partial charge is 0.305 e. The molecule has 0 radical (unpaired) electrons. The van der Waals surface area contributed by atoms with Crippen molar-refractivity contribution in [2.45, 2.75) is 31.7 Å². The van der Waals surface area contributed by atoms with Crippen LogP contribution in [0, 0.1) is 0 Å². The molecule has 1 aliphatic rings. The fourth-order valence-corrected chi connectivity index (χ4v) is 4.40. The van der Waals surface area contributed by atoms with Crippen LogP contribution in [-0.4, -0.2) is 38.8 Å². The first-order chi connectivity index (χ1) is 16.2. The Kier molecular flexibility index (Phi) is 5.93. The van der Waals surface area contributed by atoms with E-state index in [2.05, 4.69) is 22.4 Å². The molecular weight excluding hydrogens is 416 g/mol. The zero-order valence-corrected chi connectivity index (χ0v) is 18.3. The lowest BCUT2D eigenvalue weighted by molar-refractivity contribution is -0.137. The Morgan fingerprint density at radius 2 is 2.15 bits per heavy atom. The number of hydrogen-bond acceptors (Lipinski definition) is 5. The Morgan fingerprint density at radius 1 is 1.21 bits per heavy atom. The molecule has 0 saturated heterocycles. The van der Waals surface area contributed by atoms with Gasteiger partial charge in [-0.15, -0.1) is 0 Å². The summed E-state index contributed by atoms with van der Waals surface area (Å²) in [6.45, 7) is 1.52. The molecule has 168 valence electrons. The normalized spacial score (nSPS) is 13.8. The summed E-state index contributed by atoms with van der Waals surface area (Å²) in [6.07, 6.45) is 8.29. The number of aryl methyl sites for hydroxylation is 1. The van der Waals surface area contributed by atoms with E-state index in [9.17, 15) is 9.90 Å². The Bertz CT molecular complexity index is 1270. The third-order valence-electron chi connectivity index (χ3n) is 6.04. The molecule has 0 aliphatic carbocycles. The summed E-state index contributed by atoms with van der Waals surface area (Å²) >= 11 is 0. The molecule has 7 nitrogen and oxygen atoms in total. The zero-order chi connectivity index (χ0) is 22.6. The van der Waals surface area contributed by atoms with Crippen LogP contribution in [0.5, 0.6) is 5.75 Å². The van der Waals surface area contributed by atoms with Crippen LogP contribution >= 0.6 is 0 Å². The van der Waals surface area contributed by atoms with Crippen molar-refractivity contribution in [1.29, 1.82) is 0 Å². The Hall–Kier alpha value is -3.87. The maximum atomic E-state index is 11.5. The zero-order valence-electron chi connectivity index (χ0n) is 18.3. The number of aliphatic carboxylic acids is 1. The molecule has 7 heteroatoms. The van der Waals surface area contributed by atoms with Crippen molar-refractivity contribution in [2.24, 2.45) is 0 Å². The number of ether oxygens (including phenoxy) is 1. The molecule has 0 fully saturated rings. The van der Waals surface area contributed by atoms with Crippen LogP contribution < -0.4 is 10.1 Å². The van der Waals surface area contributed by atoms with Crippen LogP contribution in [0.3, 0.4) is 0 Å². The molecule has 1 aromatic carbocycles. The van der Waals surface area contributed by atoms with E-state index in [1.165, 1.54) is 5.56 Å². The summed E-state index contributed by atoms with van der Waals surface area (Å²) < 4.78 is 8.00. The van der Waals surface area contributed by atoms with Gasteiger partial charge in [-0.05, 0) is 60.4 Å². The fraction of sp³-hybridized carbons (Fsp3) is 0.269. The van der Waals surface area contributed by atoms with Gasteiger partial charge in [0.05, 0.1) is 19.1 Å². The largest absolute Gasteiger partial charge is 0.493 e. The number of nitrogens with zero attached hydrogens (tertiary/aromatic N) is 3. The lowest BCUT2D eigenvalue weighted by Crippen LogP contribution is -2.14. The second kappa shape index (κ2) is 9.32. The number of benzene rings is 1. The number of anilines is 1. The van der Waals surface area contributed by atoms with Gasteiger partial charge in [-0.1, -0.05) is 12.1 Å². The van der Waals surface area contributed by atoms with Gasteiger partial charge in [-0.2, -0.15) is 0 Å². The molecule has 2 N–H and O–H groups in total. The van der Waals surface area contributed by atoms with Crippen LogP contribution in [0.1, 0.15) is 35.7 Å². The molecule has 33 heavy (non-hydrogen) atoms. The molecule has 1 unspecified atom stereocenters. The van der Waals surface area contributed by atoms with Crippen LogP contribution in [0.4, 0.5) is 5.82 Å². The number of pyridine rings is 2. The fourth-order valence-electron chi connectivity index (χ4n) is 4.40. The average Bonchev–Trinajstić information content (AvgIpc) is 3.26. The maximum absolute atomic E-state index is 11.5. The molecular formula is C26H26N4O3. The number of nitrogens with one attached hydrogen (secondary N) is 1. The second-order valence-electron chi connectivity index (χ2n) is 8.28. The van der Waals surface area contributed by atoms with E-state index in [0.29, 0.717) is 6.61 Å². The van der Waals surface area contributed by atoms with Crippen molar-refractivity contribution < 1.29 is 14.6 Å². The molecule has 1 aliphatic heterocycles. The van der Waals surface area contributed by atoms with Gasteiger partial charge in [-0.3, -0.25) is 9.78 Å². The van der Waals surface area contributed by atoms with Crippen molar-refractivity contribution in [3.63, 3.8) is 0 Å². The lowest BCUT2D eigenvalue weighted by Gasteiger charge is -2.19. The van der Waals surface area contributed by atoms with Gasteiger partial charge in [0.25, 0.3) is 0 Å². The van der Waals surface area contributed by atoms with Crippen molar-refractivity contribution in [3.05, 3.63) is 83.9 Å². The van der Waals surface area contributed by atoms with E-state index in [0.717, 1.165) is 59.5 Å². The average molecular weight is 443 g/mol. The van der Waals surface area contributed by atoms with E-state index in [-0.39, 0.29) is 12.5 Å². The molecule has 3 aromatic heterocycles. The summed E-state index contributed by atoms with van der Waals surface area (Å²) in [5.41, 5.74) is 4.13.